The van der Waals surface area contributed by atoms with Crippen LogP contribution in [-0.2, 0) is 6.54 Å². The van der Waals surface area contributed by atoms with Crippen LogP contribution < -0.4 is 0 Å². The first-order valence-corrected chi connectivity index (χ1v) is 8.20. The van der Waals surface area contributed by atoms with Crippen molar-refractivity contribution in [2.75, 3.05) is 0 Å². The predicted octanol–water partition coefficient (Wildman–Crippen LogP) is 5.80. The molecule has 0 spiro atoms. The lowest BCUT2D eigenvalue weighted by Crippen LogP contribution is -2.06. The van der Waals surface area contributed by atoms with Gasteiger partial charge in [0.15, 0.2) is 0 Å². The Morgan fingerprint density at radius 1 is 1.24 bits per heavy atom. The maximum Gasteiger partial charge on any atom is 0.128 e. The molecule has 1 heterocycles. The van der Waals surface area contributed by atoms with Crippen LogP contribution in [0.3, 0.4) is 0 Å². The van der Waals surface area contributed by atoms with Gasteiger partial charge in [0.1, 0.15) is 5.82 Å². The molecule has 0 aliphatic carbocycles. The van der Waals surface area contributed by atoms with Crippen LogP contribution in [0.4, 0.5) is 0 Å². The molecular formula is C16H13BrCl2N2. The van der Waals surface area contributed by atoms with Gasteiger partial charge in [-0.15, -0.1) is 11.6 Å². The topological polar surface area (TPSA) is 17.8 Å². The third kappa shape index (κ3) is 2.96. The molecule has 108 valence electrons. The van der Waals surface area contributed by atoms with Crippen molar-refractivity contribution in [3.8, 4) is 0 Å². The number of halogens is 3. The summed E-state index contributed by atoms with van der Waals surface area (Å²) in [4.78, 5) is 4.66. The van der Waals surface area contributed by atoms with Crippen molar-refractivity contribution in [1.82, 2.24) is 9.55 Å². The number of hydrogen-bond donors (Lipinski definition) is 0. The molecule has 0 bridgehead atoms. The highest BCUT2D eigenvalue weighted by Crippen LogP contribution is 2.28. The summed E-state index contributed by atoms with van der Waals surface area (Å²) < 4.78 is 3.13. The van der Waals surface area contributed by atoms with Gasteiger partial charge in [-0.05, 0) is 36.8 Å². The molecule has 1 aromatic heterocycles. The molecule has 0 amide bonds. The van der Waals surface area contributed by atoms with Crippen molar-refractivity contribution in [2.45, 2.75) is 18.8 Å². The monoisotopic (exact) mass is 382 g/mol. The Hall–Kier alpha value is -1.03. The van der Waals surface area contributed by atoms with Crippen LogP contribution >= 0.6 is 39.1 Å². The first-order valence-electron chi connectivity index (χ1n) is 6.59. The highest BCUT2D eigenvalue weighted by Gasteiger charge is 2.16. The Labute approximate surface area is 141 Å². The maximum atomic E-state index is 6.30. The fourth-order valence-electron chi connectivity index (χ4n) is 2.39. The highest BCUT2D eigenvalue weighted by molar-refractivity contribution is 9.10. The number of imidazole rings is 1. The lowest BCUT2D eigenvalue weighted by Gasteiger charge is -2.11. The summed E-state index contributed by atoms with van der Waals surface area (Å²) in [6.07, 6.45) is 0. The zero-order chi connectivity index (χ0) is 15.0. The first-order chi connectivity index (χ1) is 10.1. The Morgan fingerprint density at radius 3 is 2.71 bits per heavy atom. The van der Waals surface area contributed by atoms with Gasteiger partial charge in [0.25, 0.3) is 0 Å². The van der Waals surface area contributed by atoms with E-state index in [-0.39, 0.29) is 5.38 Å². The van der Waals surface area contributed by atoms with E-state index in [0.717, 1.165) is 31.9 Å². The number of benzene rings is 2. The van der Waals surface area contributed by atoms with Gasteiger partial charge in [0.2, 0.25) is 0 Å². The van der Waals surface area contributed by atoms with E-state index in [9.17, 15) is 0 Å². The Kier molecular flexibility index (Phi) is 4.25. The second kappa shape index (κ2) is 5.99. The van der Waals surface area contributed by atoms with E-state index < -0.39 is 0 Å². The van der Waals surface area contributed by atoms with Crippen LogP contribution in [0.15, 0.2) is 46.9 Å². The molecule has 0 aliphatic rings. The van der Waals surface area contributed by atoms with Crippen LogP contribution in [-0.4, -0.2) is 9.55 Å². The molecule has 3 rings (SSSR count). The summed E-state index contributed by atoms with van der Waals surface area (Å²) in [5.41, 5.74) is 3.04. The molecule has 21 heavy (non-hydrogen) atoms. The lowest BCUT2D eigenvalue weighted by atomic mass is 10.2. The van der Waals surface area contributed by atoms with Crippen LogP contribution in [0.5, 0.6) is 0 Å². The van der Waals surface area contributed by atoms with Gasteiger partial charge in [0, 0.05) is 9.50 Å². The van der Waals surface area contributed by atoms with Crippen molar-refractivity contribution in [1.29, 1.82) is 0 Å². The van der Waals surface area contributed by atoms with E-state index in [1.165, 1.54) is 0 Å². The maximum absolute atomic E-state index is 6.30. The molecule has 0 aliphatic heterocycles. The SMILES string of the molecule is CC(Cl)c1nc2cc(Br)ccc2n1Cc1ccccc1Cl. The molecule has 0 fully saturated rings. The van der Waals surface area contributed by atoms with Gasteiger partial charge >= 0.3 is 0 Å². The van der Waals surface area contributed by atoms with Gasteiger partial charge in [0.05, 0.1) is 23.0 Å². The first kappa shape index (κ1) is 14.9. The van der Waals surface area contributed by atoms with Gasteiger partial charge < -0.3 is 4.57 Å². The minimum absolute atomic E-state index is 0.168. The standard InChI is InChI=1S/C16H13BrCl2N2/c1-10(18)16-20-14-8-12(17)6-7-15(14)21(16)9-11-4-2-3-5-13(11)19/h2-8,10H,9H2,1H3. The van der Waals surface area contributed by atoms with Crippen molar-refractivity contribution >= 4 is 50.2 Å². The average molecular weight is 384 g/mol. The van der Waals surface area contributed by atoms with Crippen LogP contribution in [0.25, 0.3) is 11.0 Å². The molecule has 5 heteroatoms. The van der Waals surface area contributed by atoms with Crippen LogP contribution in [0.2, 0.25) is 5.02 Å². The van der Waals surface area contributed by atoms with Crippen molar-refractivity contribution in [2.24, 2.45) is 0 Å². The Balaban J connectivity index is 2.16. The van der Waals surface area contributed by atoms with Crippen molar-refractivity contribution in [3.63, 3.8) is 0 Å². The van der Waals surface area contributed by atoms with E-state index in [0.29, 0.717) is 6.54 Å². The van der Waals surface area contributed by atoms with Gasteiger partial charge in [-0.2, -0.15) is 0 Å². The van der Waals surface area contributed by atoms with E-state index in [2.05, 4.69) is 25.5 Å². The van der Waals surface area contributed by atoms with E-state index >= 15 is 0 Å². The molecule has 0 radical (unpaired) electrons. The van der Waals surface area contributed by atoms with Crippen molar-refractivity contribution < 1.29 is 0 Å². The zero-order valence-corrected chi connectivity index (χ0v) is 14.5. The predicted molar refractivity (Wildman–Crippen MR) is 92.3 cm³/mol. The third-order valence-corrected chi connectivity index (χ3v) is 4.44. The summed E-state index contributed by atoms with van der Waals surface area (Å²) in [6, 6.07) is 13.9. The summed E-state index contributed by atoms with van der Waals surface area (Å²) >= 11 is 16.1. The fourth-order valence-corrected chi connectivity index (χ4v) is 3.10. The summed E-state index contributed by atoms with van der Waals surface area (Å²) in [5.74, 6) is 0.852. The normalized spacial score (nSPS) is 12.8. The minimum atomic E-state index is -0.168. The quantitative estimate of drug-likeness (QED) is 0.522. The second-order valence-electron chi connectivity index (χ2n) is 4.90. The molecule has 0 saturated heterocycles. The van der Waals surface area contributed by atoms with Gasteiger partial charge in [-0.3, -0.25) is 0 Å². The molecule has 1 atom stereocenters. The molecule has 0 N–H and O–H groups in total. The summed E-state index contributed by atoms with van der Waals surface area (Å²) in [6.45, 7) is 2.59. The molecular weight excluding hydrogens is 371 g/mol. The molecule has 3 aromatic rings. The minimum Gasteiger partial charge on any atom is -0.322 e. The molecule has 1 unspecified atom stereocenters. The van der Waals surface area contributed by atoms with Gasteiger partial charge in [-0.1, -0.05) is 45.7 Å². The van der Waals surface area contributed by atoms with E-state index in [4.69, 9.17) is 23.2 Å². The average Bonchev–Trinajstić information content (AvgIpc) is 2.79. The number of nitrogens with zero attached hydrogens (tertiary/aromatic N) is 2. The zero-order valence-electron chi connectivity index (χ0n) is 11.4. The number of rotatable bonds is 3. The second-order valence-corrected chi connectivity index (χ2v) is 6.87. The van der Waals surface area contributed by atoms with E-state index in [1.54, 1.807) is 0 Å². The fraction of sp³-hybridized carbons (Fsp3) is 0.188. The van der Waals surface area contributed by atoms with Gasteiger partial charge in [-0.25, -0.2) is 4.98 Å². The number of alkyl halides is 1. The Bertz CT molecular complexity index is 796. The molecule has 2 nitrogen and oxygen atoms in total. The van der Waals surface area contributed by atoms with E-state index in [1.807, 2.05) is 49.4 Å². The largest absolute Gasteiger partial charge is 0.322 e. The molecule has 0 saturated carbocycles. The summed E-state index contributed by atoms with van der Waals surface area (Å²) in [7, 11) is 0. The molecule has 2 aromatic carbocycles. The lowest BCUT2D eigenvalue weighted by molar-refractivity contribution is 0.743. The number of aromatic nitrogens is 2. The number of hydrogen-bond acceptors (Lipinski definition) is 1. The Morgan fingerprint density at radius 2 is 2.00 bits per heavy atom. The smallest absolute Gasteiger partial charge is 0.128 e. The van der Waals surface area contributed by atoms with Crippen LogP contribution in [0.1, 0.15) is 23.7 Å². The summed E-state index contributed by atoms with van der Waals surface area (Å²) in [5, 5.41) is 0.586. The van der Waals surface area contributed by atoms with Crippen molar-refractivity contribution in [3.05, 3.63) is 63.3 Å². The third-order valence-electron chi connectivity index (χ3n) is 3.38. The highest BCUT2D eigenvalue weighted by atomic mass is 79.9. The van der Waals surface area contributed by atoms with Crippen LogP contribution in [0, 0.1) is 0 Å². The number of fused-ring (bicyclic) bond motifs is 1.